The van der Waals surface area contributed by atoms with E-state index in [0.29, 0.717) is 35.6 Å². The molecule has 0 bridgehead atoms. The van der Waals surface area contributed by atoms with Gasteiger partial charge >= 0.3 is 0 Å². The molecule has 1 saturated heterocycles. The van der Waals surface area contributed by atoms with E-state index < -0.39 is 41.8 Å². The zero-order chi connectivity index (χ0) is 25.6. The fraction of sp³-hybridized carbons (Fsp3) is 0.400. The van der Waals surface area contributed by atoms with Gasteiger partial charge in [-0.3, -0.25) is 14.5 Å². The van der Waals surface area contributed by atoms with Crippen molar-refractivity contribution in [2.75, 3.05) is 18.4 Å². The first-order chi connectivity index (χ1) is 17.1. The lowest BCUT2D eigenvalue weighted by atomic mass is 9.87. The van der Waals surface area contributed by atoms with Crippen molar-refractivity contribution in [2.45, 2.75) is 50.1 Å². The van der Waals surface area contributed by atoms with E-state index in [2.05, 4.69) is 15.3 Å². The van der Waals surface area contributed by atoms with Crippen molar-refractivity contribution in [2.24, 2.45) is 0 Å². The highest BCUT2D eigenvalue weighted by atomic mass is 19.3. The molecule has 0 spiro atoms. The lowest BCUT2D eigenvalue weighted by Crippen LogP contribution is -2.52. The van der Waals surface area contributed by atoms with Crippen LogP contribution in [0.4, 0.5) is 23.4 Å². The van der Waals surface area contributed by atoms with E-state index in [-0.39, 0.29) is 24.7 Å². The lowest BCUT2D eigenvalue weighted by Gasteiger charge is -2.40. The van der Waals surface area contributed by atoms with Crippen molar-refractivity contribution >= 4 is 11.7 Å². The van der Waals surface area contributed by atoms with Crippen molar-refractivity contribution in [3.8, 4) is 0 Å². The van der Waals surface area contributed by atoms with Crippen molar-refractivity contribution < 1.29 is 22.4 Å². The third-order valence-electron chi connectivity index (χ3n) is 7.10. The van der Waals surface area contributed by atoms with Gasteiger partial charge in [0.1, 0.15) is 17.5 Å². The fourth-order valence-electron chi connectivity index (χ4n) is 5.11. The molecule has 1 unspecified atom stereocenters. The van der Waals surface area contributed by atoms with Gasteiger partial charge in [0, 0.05) is 50.5 Å². The maximum absolute atomic E-state index is 14.7. The first-order valence-corrected chi connectivity index (χ1v) is 11.8. The molecule has 5 rings (SSSR count). The number of halogens is 4. The molecule has 11 heteroatoms. The van der Waals surface area contributed by atoms with Gasteiger partial charge in [0.25, 0.3) is 5.92 Å². The van der Waals surface area contributed by atoms with Crippen LogP contribution in [0.25, 0.3) is 0 Å². The van der Waals surface area contributed by atoms with E-state index >= 15 is 0 Å². The predicted octanol–water partition coefficient (Wildman–Crippen LogP) is 3.84. The summed E-state index contributed by atoms with van der Waals surface area (Å²) in [6.45, 7) is 1.62. The average Bonchev–Trinajstić information content (AvgIpc) is 3.39. The van der Waals surface area contributed by atoms with E-state index in [1.807, 2.05) is 0 Å². The number of pyridine rings is 1. The van der Waals surface area contributed by atoms with Gasteiger partial charge < -0.3 is 14.9 Å². The third-order valence-corrected chi connectivity index (χ3v) is 7.10. The summed E-state index contributed by atoms with van der Waals surface area (Å²) >= 11 is 0. The molecule has 2 aromatic heterocycles. The Kier molecular flexibility index (Phi) is 6.19. The Labute approximate surface area is 204 Å². The van der Waals surface area contributed by atoms with Gasteiger partial charge in [0.15, 0.2) is 5.82 Å². The summed E-state index contributed by atoms with van der Waals surface area (Å²) in [5.41, 5.74) is 0.416. The second-order valence-corrected chi connectivity index (χ2v) is 9.42. The van der Waals surface area contributed by atoms with Crippen LogP contribution < -0.4 is 10.9 Å². The van der Waals surface area contributed by atoms with Crippen molar-refractivity contribution in [1.29, 1.82) is 0 Å². The Morgan fingerprint density at radius 1 is 1.19 bits per heavy atom. The second-order valence-electron chi connectivity index (χ2n) is 9.42. The number of aromatic nitrogens is 3. The van der Waals surface area contributed by atoms with Crippen LogP contribution in [0, 0.1) is 11.6 Å². The Hall–Kier alpha value is -3.47. The number of carbonyl (C=O) groups is 1. The summed E-state index contributed by atoms with van der Waals surface area (Å²) in [4.78, 5) is 32.9. The minimum absolute atomic E-state index is 0.0361. The summed E-state index contributed by atoms with van der Waals surface area (Å²) < 4.78 is 58.6. The maximum atomic E-state index is 14.7. The van der Waals surface area contributed by atoms with Crippen LogP contribution in [0.1, 0.15) is 48.7 Å². The van der Waals surface area contributed by atoms with Crippen molar-refractivity contribution in [3.63, 3.8) is 0 Å². The Morgan fingerprint density at radius 2 is 1.94 bits per heavy atom. The van der Waals surface area contributed by atoms with E-state index in [0.717, 1.165) is 6.07 Å². The number of rotatable bonds is 5. The summed E-state index contributed by atoms with van der Waals surface area (Å²) in [6.07, 6.45) is 3.72. The number of aromatic amines is 1. The molecule has 0 radical (unpaired) electrons. The Morgan fingerprint density at radius 3 is 2.64 bits per heavy atom. The van der Waals surface area contributed by atoms with Gasteiger partial charge in [-0.2, -0.15) is 0 Å². The molecule has 3 aromatic rings. The van der Waals surface area contributed by atoms with Gasteiger partial charge in [-0.25, -0.2) is 22.5 Å². The number of carbonyl (C=O) groups excluding carboxylic acids is 1. The monoisotopic (exact) mass is 503 g/mol. The quantitative estimate of drug-likeness (QED) is 0.519. The number of hydrogen-bond donors (Lipinski definition) is 2. The number of alkyl halides is 2. The zero-order valence-corrected chi connectivity index (χ0v) is 19.5. The molecule has 1 amide bonds. The third kappa shape index (κ3) is 4.67. The molecule has 4 heterocycles. The highest BCUT2D eigenvalue weighted by molar-refractivity contribution is 5.93. The number of H-pyrrole nitrogens is 1. The second kappa shape index (κ2) is 9.20. The minimum atomic E-state index is -2.97. The van der Waals surface area contributed by atoms with Crippen LogP contribution in [0.2, 0.25) is 0 Å². The normalized spacial score (nSPS) is 22.2. The molecule has 2 aliphatic heterocycles. The molecule has 2 aliphatic rings. The number of benzene rings is 1. The first-order valence-electron chi connectivity index (χ1n) is 11.8. The number of hydrogen-bond acceptors (Lipinski definition) is 4. The number of piperidine rings is 1. The number of amides is 1. The molecule has 2 N–H and O–H groups in total. The number of fused-ring (bicyclic) bond motifs is 1. The topological polar surface area (TPSA) is 83.0 Å². The van der Waals surface area contributed by atoms with Crippen LogP contribution in [0.5, 0.6) is 0 Å². The molecule has 36 heavy (non-hydrogen) atoms. The maximum Gasteiger partial charge on any atom is 0.257 e. The number of imidazole rings is 1. The standard InChI is InChI=1S/C25H25F4N5O2/c1-14(33-7-6-25(28,29)19(12-33)15-2-5-23(35)30-11-15)24(36)32-21-13-34-20(3-4-22(34)31-21)16-8-17(26)10-18(27)9-16/h2,5,8-11,13-14,19-20H,3-4,6-7,12H2,1H3,(H,30,35)(H,32,36)/t14-,19+,20?/m0/s1. The molecule has 0 saturated carbocycles. The van der Waals surface area contributed by atoms with Gasteiger partial charge in [-0.1, -0.05) is 6.07 Å². The van der Waals surface area contributed by atoms with Gasteiger partial charge in [-0.15, -0.1) is 0 Å². The largest absolute Gasteiger partial charge is 0.329 e. The van der Waals surface area contributed by atoms with E-state index in [1.165, 1.54) is 30.5 Å². The van der Waals surface area contributed by atoms with Crippen LogP contribution >= 0.6 is 0 Å². The van der Waals surface area contributed by atoms with E-state index in [4.69, 9.17) is 0 Å². The summed E-state index contributed by atoms with van der Waals surface area (Å²) in [5, 5.41) is 2.75. The average molecular weight is 504 g/mol. The first kappa shape index (κ1) is 24.2. The summed E-state index contributed by atoms with van der Waals surface area (Å²) in [5.74, 6) is -4.87. The zero-order valence-electron chi connectivity index (χ0n) is 19.5. The predicted molar refractivity (Wildman–Crippen MR) is 124 cm³/mol. The molecule has 1 fully saturated rings. The Balaban J connectivity index is 1.29. The molecule has 190 valence electrons. The van der Waals surface area contributed by atoms with Gasteiger partial charge in [0.2, 0.25) is 11.5 Å². The number of nitrogens with zero attached hydrogens (tertiary/aromatic N) is 3. The summed E-state index contributed by atoms with van der Waals surface area (Å²) in [6, 6.07) is 4.98. The van der Waals surface area contributed by atoms with E-state index in [1.54, 1.807) is 22.6 Å². The fourth-order valence-corrected chi connectivity index (χ4v) is 5.11. The number of anilines is 1. The summed E-state index contributed by atoms with van der Waals surface area (Å²) in [7, 11) is 0. The highest BCUT2D eigenvalue weighted by Gasteiger charge is 2.46. The van der Waals surface area contributed by atoms with Gasteiger partial charge in [-0.05, 0) is 36.6 Å². The van der Waals surface area contributed by atoms with E-state index in [9.17, 15) is 27.2 Å². The number of aryl methyl sites for hydroxylation is 1. The molecule has 3 atom stereocenters. The van der Waals surface area contributed by atoms with Crippen molar-refractivity contribution in [3.05, 3.63) is 81.7 Å². The molecule has 1 aromatic carbocycles. The van der Waals surface area contributed by atoms with Crippen molar-refractivity contribution in [1.82, 2.24) is 19.4 Å². The lowest BCUT2D eigenvalue weighted by molar-refractivity contribution is -0.125. The van der Waals surface area contributed by atoms with Crippen LogP contribution in [0.15, 0.2) is 47.5 Å². The molecule has 7 nitrogen and oxygen atoms in total. The SMILES string of the molecule is C[C@@H](C(=O)Nc1cn2c(n1)CCC2c1cc(F)cc(F)c1)N1CCC(F)(F)[C@@H](c2ccc(=O)[nH]c2)C1. The molecule has 0 aliphatic carbocycles. The minimum Gasteiger partial charge on any atom is -0.329 e. The number of nitrogens with one attached hydrogen (secondary N) is 2. The van der Waals surface area contributed by atoms with Crippen LogP contribution in [-0.4, -0.2) is 50.4 Å². The Bertz CT molecular complexity index is 1310. The molecular formula is C25H25F4N5O2. The van der Waals surface area contributed by atoms with Crippen LogP contribution in [-0.2, 0) is 11.2 Å². The molecular weight excluding hydrogens is 478 g/mol. The van der Waals surface area contributed by atoms with Gasteiger partial charge in [0.05, 0.1) is 18.0 Å². The highest BCUT2D eigenvalue weighted by Crippen LogP contribution is 2.40. The smallest absolute Gasteiger partial charge is 0.257 e. The van der Waals surface area contributed by atoms with Crippen LogP contribution in [0.3, 0.4) is 0 Å². The number of likely N-dealkylation sites (tertiary alicyclic amines) is 1.